The third kappa shape index (κ3) is 5.83. The third-order valence-corrected chi connectivity index (χ3v) is 4.62. The van der Waals surface area contributed by atoms with Crippen LogP contribution in [0.1, 0.15) is 42.1 Å². The van der Waals surface area contributed by atoms with Crippen molar-refractivity contribution in [2.45, 2.75) is 39.2 Å². The van der Waals surface area contributed by atoms with Gasteiger partial charge in [-0.25, -0.2) is 0 Å². The van der Waals surface area contributed by atoms with Gasteiger partial charge in [-0.1, -0.05) is 17.7 Å². The third-order valence-electron chi connectivity index (χ3n) is 4.62. The smallest absolute Gasteiger partial charge is 0.307 e. The molecule has 158 valence electrons. The van der Waals surface area contributed by atoms with Crippen molar-refractivity contribution in [1.82, 2.24) is 0 Å². The van der Waals surface area contributed by atoms with Crippen molar-refractivity contribution in [2.75, 3.05) is 18.5 Å². The summed E-state index contributed by atoms with van der Waals surface area (Å²) in [6.45, 7) is 4.54. The quantitative estimate of drug-likeness (QED) is 0.552. The minimum absolute atomic E-state index is 0.0230. The van der Waals surface area contributed by atoms with Gasteiger partial charge < -0.3 is 19.5 Å². The van der Waals surface area contributed by atoms with Gasteiger partial charge in [0, 0.05) is 24.1 Å². The predicted octanol–water partition coefficient (Wildman–Crippen LogP) is 3.69. The molecule has 0 bridgehead atoms. The van der Waals surface area contributed by atoms with Gasteiger partial charge in [-0.2, -0.15) is 0 Å². The van der Waals surface area contributed by atoms with Gasteiger partial charge in [-0.15, -0.1) is 0 Å². The van der Waals surface area contributed by atoms with Crippen LogP contribution in [0, 0.1) is 6.92 Å². The lowest BCUT2D eigenvalue weighted by atomic mass is 10.1. The molecule has 0 saturated heterocycles. The normalized spacial score (nSPS) is 13.7. The first kappa shape index (κ1) is 21.4. The van der Waals surface area contributed by atoms with Gasteiger partial charge in [0.25, 0.3) is 5.91 Å². The van der Waals surface area contributed by atoms with Gasteiger partial charge in [0.15, 0.2) is 23.4 Å². The zero-order valence-corrected chi connectivity index (χ0v) is 17.1. The van der Waals surface area contributed by atoms with Crippen molar-refractivity contribution in [1.29, 1.82) is 0 Å². The number of benzene rings is 2. The second-order valence-electron chi connectivity index (χ2n) is 7.12. The van der Waals surface area contributed by atoms with Gasteiger partial charge in [-0.05, 0) is 44.2 Å². The lowest BCUT2D eigenvalue weighted by Gasteiger charge is -2.13. The van der Waals surface area contributed by atoms with E-state index >= 15 is 0 Å². The maximum absolute atomic E-state index is 12.4. The number of nitrogens with one attached hydrogen (secondary N) is 1. The van der Waals surface area contributed by atoms with Crippen molar-refractivity contribution < 1.29 is 28.6 Å². The van der Waals surface area contributed by atoms with E-state index in [2.05, 4.69) is 5.32 Å². The average Bonchev–Trinajstić information content (AvgIpc) is 2.98. The highest BCUT2D eigenvalue weighted by Crippen LogP contribution is 2.30. The van der Waals surface area contributed by atoms with Crippen LogP contribution < -0.4 is 14.8 Å². The van der Waals surface area contributed by atoms with Crippen molar-refractivity contribution in [3.63, 3.8) is 0 Å². The molecule has 7 heteroatoms. The zero-order valence-electron chi connectivity index (χ0n) is 17.1. The number of carbonyl (C=O) groups is 3. The summed E-state index contributed by atoms with van der Waals surface area (Å²) < 4.78 is 16.3. The fourth-order valence-electron chi connectivity index (χ4n) is 2.89. The Hall–Kier alpha value is -3.35. The van der Waals surface area contributed by atoms with Gasteiger partial charge in [0.05, 0.1) is 19.6 Å². The average molecular weight is 411 g/mol. The monoisotopic (exact) mass is 411 g/mol. The van der Waals surface area contributed by atoms with Crippen LogP contribution in [-0.4, -0.2) is 37.0 Å². The molecule has 0 saturated carbocycles. The van der Waals surface area contributed by atoms with E-state index in [9.17, 15) is 14.4 Å². The van der Waals surface area contributed by atoms with E-state index in [1.54, 1.807) is 30.3 Å². The number of rotatable bonds is 7. The van der Waals surface area contributed by atoms with Crippen molar-refractivity contribution >= 4 is 23.3 Å². The summed E-state index contributed by atoms with van der Waals surface area (Å²) in [5.74, 6) is -0.107. The standard InChI is InChI=1S/C23H25NO6/c1-15-4-7-18(8-5-15)24-23(27)16(2)30-22(26)11-9-19(25)17-6-10-20-21(14-17)29-13-3-12-28-20/h4-8,10,14,16H,3,9,11-13H2,1-2H3,(H,24,27)/t16-/m1/s1. The zero-order chi connectivity index (χ0) is 21.5. The predicted molar refractivity (Wildman–Crippen MR) is 111 cm³/mol. The maximum Gasteiger partial charge on any atom is 0.307 e. The van der Waals surface area contributed by atoms with Crippen LogP contribution in [0.2, 0.25) is 0 Å². The van der Waals surface area contributed by atoms with Crippen LogP contribution in [0.4, 0.5) is 5.69 Å². The molecule has 2 aromatic rings. The Kier molecular flexibility index (Phi) is 7.06. The van der Waals surface area contributed by atoms with E-state index in [1.165, 1.54) is 6.92 Å². The molecule has 0 fully saturated rings. The Morgan fingerprint density at radius 1 is 1.00 bits per heavy atom. The summed E-state index contributed by atoms with van der Waals surface area (Å²) in [7, 11) is 0. The number of hydrogen-bond donors (Lipinski definition) is 1. The van der Waals surface area contributed by atoms with Crippen LogP contribution in [0.25, 0.3) is 0 Å². The van der Waals surface area contributed by atoms with E-state index in [0.717, 1.165) is 12.0 Å². The largest absolute Gasteiger partial charge is 0.490 e. The second-order valence-corrected chi connectivity index (χ2v) is 7.12. The summed E-state index contributed by atoms with van der Waals surface area (Å²) in [5, 5.41) is 2.69. The van der Waals surface area contributed by atoms with Gasteiger partial charge in [0.1, 0.15) is 0 Å². The first-order valence-electron chi connectivity index (χ1n) is 9.92. The number of Topliss-reactive ketones (excluding diaryl/α,β-unsaturated/α-hetero) is 1. The number of amides is 1. The lowest BCUT2D eigenvalue weighted by molar-refractivity contribution is -0.153. The molecule has 7 nitrogen and oxygen atoms in total. The lowest BCUT2D eigenvalue weighted by Crippen LogP contribution is -2.30. The molecule has 0 unspecified atom stereocenters. The number of ether oxygens (including phenoxy) is 3. The number of ketones is 1. The summed E-state index contributed by atoms with van der Waals surface area (Å²) in [4.78, 5) is 36.7. The minimum Gasteiger partial charge on any atom is -0.490 e. The molecule has 1 heterocycles. The Bertz CT molecular complexity index is 922. The molecular formula is C23H25NO6. The highest BCUT2D eigenvalue weighted by Gasteiger charge is 2.20. The van der Waals surface area contributed by atoms with Crippen LogP contribution in [0.3, 0.4) is 0 Å². The second kappa shape index (κ2) is 9.91. The highest BCUT2D eigenvalue weighted by molar-refractivity contribution is 5.98. The molecule has 1 aliphatic rings. The van der Waals surface area contributed by atoms with Crippen LogP contribution in [0.15, 0.2) is 42.5 Å². The number of aryl methyl sites for hydroxylation is 1. The Balaban J connectivity index is 1.47. The molecule has 2 aromatic carbocycles. The summed E-state index contributed by atoms with van der Waals surface area (Å²) in [6.07, 6.45) is -0.327. The van der Waals surface area contributed by atoms with Gasteiger partial charge in [0.2, 0.25) is 0 Å². The molecular weight excluding hydrogens is 386 g/mol. The van der Waals surface area contributed by atoms with Crippen molar-refractivity contribution in [3.05, 3.63) is 53.6 Å². The molecule has 3 rings (SSSR count). The number of anilines is 1. The number of carbonyl (C=O) groups excluding carboxylic acids is 3. The Labute approximate surface area is 175 Å². The van der Waals surface area contributed by atoms with Crippen molar-refractivity contribution in [2.24, 2.45) is 0 Å². The molecule has 1 amide bonds. The fourth-order valence-corrected chi connectivity index (χ4v) is 2.89. The maximum atomic E-state index is 12.4. The van der Waals surface area contributed by atoms with Gasteiger partial charge >= 0.3 is 5.97 Å². The molecule has 1 atom stereocenters. The van der Waals surface area contributed by atoms with Gasteiger partial charge in [-0.3, -0.25) is 14.4 Å². The van der Waals surface area contributed by atoms with Crippen LogP contribution in [-0.2, 0) is 14.3 Å². The molecule has 0 spiro atoms. The molecule has 1 N–H and O–H groups in total. The molecule has 0 aliphatic carbocycles. The van der Waals surface area contributed by atoms with E-state index < -0.39 is 18.0 Å². The van der Waals surface area contributed by atoms with Crippen LogP contribution >= 0.6 is 0 Å². The summed E-state index contributed by atoms with van der Waals surface area (Å²) >= 11 is 0. The van der Waals surface area contributed by atoms with E-state index in [1.807, 2.05) is 19.1 Å². The number of fused-ring (bicyclic) bond motifs is 1. The first-order chi connectivity index (χ1) is 14.4. The van der Waals surface area contributed by atoms with E-state index in [0.29, 0.717) is 36.0 Å². The van der Waals surface area contributed by atoms with E-state index in [-0.39, 0.29) is 18.6 Å². The molecule has 30 heavy (non-hydrogen) atoms. The minimum atomic E-state index is -0.966. The summed E-state index contributed by atoms with van der Waals surface area (Å²) in [5.41, 5.74) is 2.14. The molecule has 1 aliphatic heterocycles. The van der Waals surface area contributed by atoms with Crippen molar-refractivity contribution in [3.8, 4) is 11.5 Å². The van der Waals surface area contributed by atoms with Crippen LogP contribution in [0.5, 0.6) is 11.5 Å². The Morgan fingerprint density at radius 3 is 2.43 bits per heavy atom. The molecule has 0 radical (unpaired) electrons. The number of hydrogen-bond acceptors (Lipinski definition) is 6. The number of esters is 1. The molecule has 0 aromatic heterocycles. The van der Waals surface area contributed by atoms with E-state index in [4.69, 9.17) is 14.2 Å². The topological polar surface area (TPSA) is 90.9 Å². The first-order valence-corrected chi connectivity index (χ1v) is 9.92. The highest BCUT2D eigenvalue weighted by atomic mass is 16.5. The fraction of sp³-hybridized carbons (Fsp3) is 0.348. The SMILES string of the molecule is Cc1ccc(NC(=O)[C@@H](C)OC(=O)CCC(=O)c2ccc3c(c2)OCCCO3)cc1. The summed E-state index contributed by atoms with van der Waals surface area (Å²) in [6, 6.07) is 12.3. The Morgan fingerprint density at radius 2 is 1.70 bits per heavy atom.